The lowest BCUT2D eigenvalue weighted by atomic mass is 10.2. The summed E-state index contributed by atoms with van der Waals surface area (Å²) in [5.74, 6) is 0. The maximum atomic E-state index is 10.1. The summed E-state index contributed by atoms with van der Waals surface area (Å²) in [7, 11) is 0. The van der Waals surface area contributed by atoms with Gasteiger partial charge in [-0.1, -0.05) is 11.6 Å². The van der Waals surface area contributed by atoms with Gasteiger partial charge in [0.15, 0.2) is 0 Å². The van der Waals surface area contributed by atoms with Crippen molar-refractivity contribution >= 4 is 23.6 Å². The zero-order chi connectivity index (χ0) is 7.56. The molecule has 10 heavy (non-hydrogen) atoms. The van der Waals surface area contributed by atoms with E-state index < -0.39 is 0 Å². The molecule has 1 radical (unpaired) electrons. The number of rotatable bonds is 1. The molecule has 1 aromatic rings. The minimum atomic E-state index is 0.351. The van der Waals surface area contributed by atoms with Crippen molar-refractivity contribution in [3.63, 3.8) is 0 Å². The van der Waals surface area contributed by atoms with Crippen molar-refractivity contribution in [1.82, 2.24) is 0 Å². The first kappa shape index (κ1) is 7.09. The van der Waals surface area contributed by atoms with Crippen LogP contribution in [0.25, 0.3) is 0 Å². The highest BCUT2D eigenvalue weighted by atomic mass is 35.5. The predicted molar refractivity (Wildman–Crippen MR) is 40.7 cm³/mol. The number of nitrogen functional groups attached to an aromatic ring is 1. The zero-order valence-corrected chi connectivity index (χ0v) is 5.85. The monoisotopic (exact) mass is 154 g/mol. The number of carbonyl (C=O) groups excluding carboxylic acids is 1. The van der Waals surface area contributed by atoms with Crippen LogP contribution >= 0.6 is 11.6 Å². The van der Waals surface area contributed by atoms with E-state index in [0.29, 0.717) is 16.3 Å². The van der Waals surface area contributed by atoms with E-state index >= 15 is 0 Å². The molecule has 1 rings (SSSR count). The smallest absolute Gasteiger partial charge is 0.235 e. The van der Waals surface area contributed by atoms with E-state index in [9.17, 15) is 4.79 Å². The van der Waals surface area contributed by atoms with E-state index in [1.54, 1.807) is 12.4 Å². The van der Waals surface area contributed by atoms with Crippen LogP contribution in [0.1, 0.15) is 5.56 Å². The van der Waals surface area contributed by atoms with Gasteiger partial charge in [0.25, 0.3) is 0 Å². The molecule has 0 saturated carbocycles. The molecule has 0 aliphatic heterocycles. The number of benzene rings is 1. The minimum absolute atomic E-state index is 0.351. The fourth-order valence-corrected chi connectivity index (χ4v) is 0.807. The second-order valence-corrected chi connectivity index (χ2v) is 2.27. The summed E-state index contributed by atoms with van der Waals surface area (Å²) in [6, 6.07) is 4.64. The molecule has 0 aliphatic rings. The van der Waals surface area contributed by atoms with E-state index in [1.165, 1.54) is 12.1 Å². The lowest BCUT2D eigenvalue weighted by Gasteiger charge is -1.95. The molecule has 1 aromatic carbocycles. The molecule has 51 valence electrons. The quantitative estimate of drug-likeness (QED) is 0.621. The summed E-state index contributed by atoms with van der Waals surface area (Å²) in [6.45, 7) is 0. The Kier molecular flexibility index (Phi) is 1.92. The molecule has 2 nitrogen and oxygen atoms in total. The van der Waals surface area contributed by atoms with Gasteiger partial charge in [-0.05, 0) is 18.2 Å². The molecule has 0 aromatic heterocycles. The van der Waals surface area contributed by atoms with Crippen LogP contribution in [0.15, 0.2) is 18.2 Å². The summed E-state index contributed by atoms with van der Waals surface area (Å²) in [6.07, 6.45) is 1.69. The standard InChI is InChI=1S/C7H5ClNO/c8-6-2-1-5(4-10)7(9)3-6/h1-3H,9H2. The second-order valence-electron chi connectivity index (χ2n) is 1.83. The summed E-state index contributed by atoms with van der Waals surface area (Å²) in [5, 5.41) is 0.525. The third-order valence-electron chi connectivity index (χ3n) is 1.12. The third-order valence-corrected chi connectivity index (χ3v) is 1.36. The number of halogens is 1. The van der Waals surface area contributed by atoms with Crippen LogP contribution in [0.3, 0.4) is 0 Å². The topological polar surface area (TPSA) is 43.1 Å². The van der Waals surface area contributed by atoms with Gasteiger partial charge in [-0.3, -0.25) is 4.79 Å². The summed E-state index contributed by atoms with van der Waals surface area (Å²) in [5.41, 5.74) is 6.10. The molecule has 0 fully saturated rings. The van der Waals surface area contributed by atoms with Crippen molar-refractivity contribution in [1.29, 1.82) is 0 Å². The Morgan fingerprint density at radius 1 is 1.50 bits per heavy atom. The molecule has 0 unspecified atom stereocenters. The molecule has 0 atom stereocenters. The van der Waals surface area contributed by atoms with Crippen molar-refractivity contribution in [3.05, 3.63) is 28.8 Å². The van der Waals surface area contributed by atoms with Gasteiger partial charge in [0.05, 0.1) is 0 Å². The molecule has 0 amide bonds. The average molecular weight is 155 g/mol. The first-order chi connectivity index (χ1) is 4.74. The van der Waals surface area contributed by atoms with Crippen LogP contribution in [0.2, 0.25) is 5.02 Å². The average Bonchev–Trinajstić information content (AvgIpc) is 1.88. The number of nitrogens with two attached hydrogens (primary N) is 1. The van der Waals surface area contributed by atoms with Gasteiger partial charge < -0.3 is 5.73 Å². The molecular formula is C7H5ClNO. The lowest BCUT2D eigenvalue weighted by Crippen LogP contribution is -1.91. The van der Waals surface area contributed by atoms with Gasteiger partial charge in [-0.2, -0.15) is 0 Å². The second kappa shape index (κ2) is 2.71. The Labute approximate surface area is 63.6 Å². The van der Waals surface area contributed by atoms with Crippen LogP contribution in [0, 0.1) is 0 Å². The van der Waals surface area contributed by atoms with E-state index in [-0.39, 0.29) is 0 Å². The largest absolute Gasteiger partial charge is 0.398 e. The summed E-state index contributed by atoms with van der Waals surface area (Å²) in [4.78, 5) is 10.1. The van der Waals surface area contributed by atoms with Crippen LogP contribution in [-0.2, 0) is 4.79 Å². The maximum Gasteiger partial charge on any atom is 0.235 e. The van der Waals surface area contributed by atoms with E-state index in [2.05, 4.69) is 0 Å². The van der Waals surface area contributed by atoms with E-state index in [4.69, 9.17) is 17.3 Å². The first-order valence-electron chi connectivity index (χ1n) is 2.67. The molecular weight excluding hydrogens is 150 g/mol. The SMILES string of the molecule is Nc1cc(Cl)ccc1[C]=O. The van der Waals surface area contributed by atoms with Gasteiger partial charge in [0, 0.05) is 16.3 Å². The Bertz CT molecular complexity index is 260. The van der Waals surface area contributed by atoms with E-state index in [0.717, 1.165) is 0 Å². The molecule has 0 heterocycles. The molecule has 2 N–H and O–H groups in total. The Balaban J connectivity index is 3.19. The molecule has 0 spiro atoms. The van der Waals surface area contributed by atoms with Gasteiger partial charge in [-0.15, -0.1) is 0 Å². The Morgan fingerprint density at radius 3 is 2.70 bits per heavy atom. The molecule has 0 bridgehead atoms. The Morgan fingerprint density at radius 2 is 2.20 bits per heavy atom. The number of anilines is 1. The summed E-state index contributed by atoms with van der Waals surface area (Å²) >= 11 is 5.56. The highest BCUT2D eigenvalue weighted by Gasteiger charge is 1.97. The predicted octanol–water partition coefficient (Wildman–Crippen LogP) is 1.38. The number of hydrogen-bond donors (Lipinski definition) is 1. The van der Waals surface area contributed by atoms with Crippen LogP contribution < -0.4 is 5.73 Å². The molecule has 0 saturated heterocycles. The zero-order valence-electron chi connectivity index (χ0n) is 5.10. The van der Waals surface area contributed by atoms with Crippen LogP contribution in [-0.4, -0.2) is 6.29 Å². The van der Waals surface area contributed by atoms with Crippen LogP contribution in [0.5, 0.6) is 0 Å². The van der Waals surface area contributed by atoms with Gasteiger partial charge >= 0.3 is 0 Å². The minimum Gasteiger partial charge on any atom is -0.398 e. The number of hydrogen-bond acceptors (Lipinski definition) is 2. The van der Waals surface area contributed by atoms with Crippen molar-refractivity contribution in [2.45, 2.75) is 0 Å². The Hall–Kier alpha value is -1.02. The first-order valence-corrected chi connectivity index (χ1v) is 3.05. The fraction of sp³-hybridized carbons (Fsp3) is 0. The third kappa shape index (κ3) is 1.28. The van der Waals surface area contributed by atoms with Crippen molar-refractivity contribution in [3.8, 4) is 0 Å². The summed E-state index contributed by atoms with van der Waals surface area (Å²) < 4.78 is 0. The van der Waals surface area contributed by atoms with Gasteiger partial charge in [0.2, 0.25) is 6.29 Å². The maximum absolute atomic E-state index is 10.1. The van der Waals surface area contributed by atoms with Crippen molar-refractivity contribution in [2.24, 2.45) is 0 Å². The highest BCUT2D eigenvalue weighted by molar-refractivity contribution is 6.31. The molecule has 0 aliphatic carbocycles. The molecule has 3 heteroatoms. The highest BCUT2D eigenvalue weighted by Crippen LogP contribution is 2.15. The normalized spacial score (nSPS) is 9.30. The van der Waals surface area contributed by atoms with Gasteiger partial charge in [-0.25, -0.2) is 0 Å². The lowest BCUT2D eigenvalue weighted by molar-refractivity contribution is 0.563. The van der Waals surface area contributed by atoms with E-state index in [1.807, 2.05) is 0 Å². The van der Waals surface area contributed by atoms with Crippen LogP contribution in [0.4, 0.5) is 5.69 Å². The van der Waals surface area contributed by atoms with Crippen molar-refractivity contribution in [2.75, 3.05) is 5.73 Å². The fourth-order valence-electron chi connectivity index (χ4n) is 0.627. The van der Waals surface area contributed by atoms with Gasteiger partial charge in [0.1, 0.15) is 0 Å². The van der Waals surface area contributed by atoms with Crippen molar-refractivity contribution < 1.29 is 4.79 Å².